The molecule has 18 heavy (non-hydrogen) atoms. The maximum atomic E-state index is 12.5. The first-order valence-electron chi connectivity index (χ1n) is 7.70. The lowest BCUT2D eigenvalue weighted by Crippen LogP contribution is -2.44. The van der Waals surface area contributed by atoms with Crippen molar-refractivity contribution in [1.82, 2.24) is 4.90 Å². The van der Waals surface area contributed by atoms with E-state index >= 15 is 0 Å². The Balaban J connectivity index is 1.87. The zero-order valence-corrected chi connectivity index (χ0v) is 11.7. The van der Waals surface area contributed by atoms with E-state index in [1.165, 1.54) is 25.7 Å². The lowest BCUT2D eigenvalue weighted by molar-refractivity contribution is -0.137. The average Bonchev–Trinajstić information content (AvgIpc) is 2.67. The summed E-state index contributed by atoms with van der Waals surface area (Å²) in [4.78, 5) is 14.6. The van der Waals surface area contributed by atoms with Crippen LogP contribution in [0, 0.1) is 5.92 Å². The summed E-state index contributed by atoms with van der Waals surface area (Å²) >= 11 is 0. The summed E-state index contributed by atoms with van der Waals surface area (Å²) in [5.41, 5.74) is 5.93. The van der Waals surface area contributed by atoms with Crippen molar-refractivity contribution in [2.75, 3.05) is 7.05 Å². The Kier molecular flexibility index (Phi) is 5.04. The number of nitrogens with zero attached hydrogens (tertiary/aromatic N) is 1. The molecule has 0 aromatic heterocycles. The Hall–Kier alpha value is -0.570. The molecule has 0 aromatic rings. The van der Waals surface area contributed by atoms with E-state index in [-0.39, 0.29) is 0 Å². The lowest BCUT2D eigenvalue weighted by Gasteiger charge is -2.35. The maximum absolute atomic E-state index is 12.5. The zero-order chi connectivity index (χ0) is 13.0. The molecule has 0 atom stereocenters. The van der Waals surface area contributed by atoms with Gasteiger partial charge in [-0.1, -0.05) is 25.7 Å². The van der Waals surface area contributed by atoms with Crippen molar-refractivity contribution in [3.05, 3.63) is 0 Å². The molecular weight excluding hydrogens is 224 g/mol. The predicted octanol–water partition coefficient (Wildman–Crippen LogP) is 2.69. The van der Waals surface area contributed by atoms with Gasteiger partial charge in [0.05, 0.1) is 0 Å². The maximum Gasteiger partial charge on any atom is 0.225 e. The van der Waals surface area contributed by atoms with E-state index in [2.05, 4.69) is 0 Å². The highest BCUT2D eigenvalue weighted by molar-refractivity contribution is 5.78. The lowest BCUT2D eigenvalue weighted by atomic mass is 9.89. The van der Waals surface area contributed by atoms with Gasteiger partial charge in [0.25, 0.3) is 0 Å². The number of amides is 1. The van der Waals surface area contributed by atoms with Crippen molar-refractivity contribution in [3.8, 4) is 0 Å². The minimum absolute atomic E-state index is 0.299. The van der Waals surface area contributed by atoms with Gasteiger partial charge in [-0.05, 0) is 38.5 Å². The molecule has 0 aromatic carbocycles. The molecule has 0 heterocycles. The van der Waals surface area contributed by atoms with Crippen LogP contribution >= 0.6 is 0 Å². The third kappa shape index (κ3) is 3.47. The van der Waals surface area contributed by atoms with Crippen LogP contribution in [0.25, 0.3) is 0 Å². The Bertz CT molecular complexity index is 264. The summed E-state index contributed by atoms with van der Waals surface area (Å²) in [6.45, 7) is 0. The minimum Gasteiger partial charge on any atom is -0.343 e. The summed E-state index contributed by atoms with van der Waals surface area (Å²) < 4.78 is 0. The Morgan fingerprint density at radius 3 is 2.06 bits per heavy atom. The first kappa shape index (κ1) is 13.9. The normalized spacial score (nSPS) is 30.8. The summed E-state index contributed by atoms with van der Waals surface area (Å²) in [7, 11) is 2.01. The van der Waals surface area contributed by atoms with Gasteiger partial charge in [0.1, 0.15) is 0 Å². The van der Waals surface area contributed by atoms with E-state index < -0.39 is 0 Å². The molecule has 2 aliphatic carbocycles. The molecule has 2 aliphatic rings. The van der Waals surface area contributed by atoms with Crippen molar-refractivity contribution in [3.63, 3.8) is 0 Å². The first-order chi connectivity index (χ1) is 8.68. The number of nitrogens with two attached hydrogens (primary N) is 1. The van der Waals surface area contributed by atoms with E-state index in [9.17, 15) is 4.79 Å². The van der Waals surface area contributed by atoms with Crippen LogP contribution in [-0.4, -0.2) is 29.9 Å². The quantitative estimate of drug-likeness (QED) is 0.768. The fourth-order valence-corrected chi connectivity index (χ4v) is 3.48. The van der Waals surface area contributed by atoms with Crippen LogP contribution in [0.2, 0.25) is 0 Å². The van der Waals surface area contributed by atoms with Gasteiger partial charge in [-0.2, -0.15) is 0 Å². The van der Waals surface area contributed by atoms with E-state index in [1.54, 1.807) is 0 Å². The summed E-state index contributed by atoms with van der Waals surface area (Å²) in [5.74, 6) is 0.700. The number of hydrogen-bond acceptors (Lipinski definition) is 2. The van der Waals surface area contributed by atoms with Gasteiger partial charge in [-0.15, -0.1) is 0 Å². The molecule has 104 valence electrons. The third-order valence-electron chi connectivity index (χ3n) is 4.84. The van der Waals surface area contributed by atoms with E-state index in [0.717, 1.165) is 38.5 Å². The number of carbonyl (C=O) groups excluding carboxylic acids is 1. The molecule has 3 heteroatoms. The first-order valence-corrected chi connectivity index (χ1v) is 7.70. The molecule has 2 fully saturated rings. The van der Waals surface area contributed by atoms with E-state index in [0.29, 0.717) is 23.9 Å². The van der Waals surface area contributed by atoms with Crippen LogP contribution in [0.4, 0.5) is 0 Å². The van der Waals surface area contributed by atoms with Gasteiger partial charge in [0.2, 0.25) is 5.91 Å². The topological polar surface area (TPSA) is 46.3 Å². The van der Waals surface area contributed by atoms with Gasteiger partial charge in [0, 0.05) is 25.0 Å². The van der Waals surface area contributed by atoms with Crippen LogP contribution in [0.5, 0.6) is 0 Å². The summed E-state index contributed by atoms with van der Waals surface area (Å²) in [5, 5.41) is 0. The van der Waals surface area contributed by atoms with Crippen molar-refractivity contribution in [2.45, 2.75) is 76.3 Å². The minimum atomic E-state index is 0.299. The summed E-state index contributed by atoms with van der Waals surface area (Å²) in [6, 6.07) is 0.809. The second-order valence-corrected chi connectivity index (χ2v) is 6.21. The van der Waals surface area contributed by atoms with Gasteiger partial charge in [-0.3, -0.25) is 4.79 Å². The zero-order valence-electron chi connectivity index (χ0n) is 11.7. The number of hydrogen-bond donors (Lipinski definition) is 1. The van der Waals surface area contributed by atoms with Crippen LogP contribution in [0.15, 0.2) is 0 Å². The van der Waals surface area contributed by atoms with Crippen LogP contribution in [-0.2, 0) is 4.79 Å². The highest BCUT2D eigenvalue weighted by Crippen LogP contribution is 2.27. The molecule has 2 N–H and O–H groups in total. The second-order valence-electron chi connectivity index (χ2n) is 6.21. The largest absolute Gasteiger partial charge is 0.343 e. The predicted molar refractivity (Wildman–Crippen MR) is 74.2 cm³/mol. The molecule has 0 saturated heterocycles. The van der Waals surface area contributed by atoms with Crippen molar-refractivity contribution in [2.24, 2.45) is 11.7 Å². The Labute approximate surface area is 111 Å². The third-order valence-corrected chi connectivity index (χ3v) is 4.84. The Morgan fingerprint density at radius 2 is 1.50 bits per heavy atom. The molecule has 2 rings (SSSR count). The molecule has 0 unspecified atom stereocenters. The highest BCUT2D eigenvalue weighted by Gasteiger charge is 2.29. The standard InChI is InChI=1S/C15H28N2O/c1-17(14-10-8-13(16)9-11-14)15(18)12-6-4-2-3-5-7-12/h12-14H,2-11,16H2,1H3. The van der Waals surface area contributed by atoms with Crippen molar-refractivity contribution < 1.29 is 4.79 Å². The molecule has 0 aliphatic heterocycles. The monoisotopic (exact) mass is 252 g/mol. The van der Waals surface area contributed by atoms with Crippen molar-refractivity contribution >= 4 is 5.91 Å². The van der Waals surface area contributed by atoms with Gasteiger partial charge in [-0.25, -0.2) is 0 Å². The highest BCUT2D eigenvalue weighted by atomic mass is 16.2. The molecule has 0 radical (unpaired) electrons. The van der Waals surface area contributed by atoms with Gasteiger partial charge in [0.15, 0.2) is 0 Å². The fraction of sp³-hybridized carbons (Fsp3) is 0.933. The van der Waals surface area contributed by atoms with Gasteiger partial charge < -0.3 is 10.6 Å². The number of carbonyl (C=O) groups is 1. The van der Waals surface area contributed by atoms with Crippen molar-refractivity contribution in [1.29, 1.82) is 0 Å². The molecule has 0 bridgehead atoms. The molecule has 1 amide bonds. The average molecular weight is 252 g/mol. The molecular formula is C15H28N2O. The second kappa shape index (κ2) is 6.55. The molecule has 3 nitrogen and oxygen atoms in total. The van der Waals surface area contributed by atoms with E-state index in [1.807, 2.05) is 11.9 Å². The van der Waals surface area contributed by atoms with E-state index in [4.69, 9.17) is 5.73 Å². The fourth-order valence-electron chi connectivity index (χ4n) is 3.48. The smallest absolute Gasteiger partial charge is 0.225 e. The van der Waals surface area contributed by atoms with Crippen LogP contribution < -0.4 is 5.73 Å². The number of rotatable bonds is 2. The summed E-state index contributed by atoms with van der Waals surface area (Å²) in [6.07, 6.45) is 11.6. The molecule has 2 saturated carbocycles. The molecule has 0 spiro atoms. The Morgan fingerprint density at radius 1 is 0.944 bits per heavy atom. The SMILES string of the molecule is CN(C(=O)C1CCCCCC1)C1CCC(N)CC1. The van der Waals surface area contributed by atoms with Gasteiger partial charge >= 0.3 is 0 Å². The van der Waals surface area contributed by atoms with Crippen LogP contribution in [0.3, 0.4) is 0 Å². The van der Waals surface area contributed by atoms with Crippen LogP contribution in [0.1, 0.15) is 64.2 Å².